The summed E-state index contributed by atoms with van der Waals surface area (Å²) in [7, 11) is 0. The molecule has 10 heteroatoms. The summed E-state index contributed by atoms with van der Waals surface area (Å²) in [5, 5.41) is 15.4. The molecule has 0 radical (unpaired) electrons. The summed E-state index contributed by atoms with van der Waals surface area (Å²) in [6.45, 7) is 4.40. The Kier molecular flexibility index (Phi) is 8.00. The summed E-state index contributed by atoms with van der Waals surface area (Å²) in [5.41, 5.74) is 2.86. The normalized spacial score (nSPS) is 17.5. The summed E-state index contributed by atoms with van der Waals surface area (Å²) in [5.74, 6) is 0.135. The van der Waals surface area contributed by atoms with Crippen LogP contribution in [0.3, 0.4) is 0 Å². The highest BCUT2D eigenvalue weighted by molar-refractivity contribution is 9.10. The summed E-state index contributed by atoms with van der Waals surface area (Å²) >= 11 is 4.74. The number of hydrogen-bond acceptors (Lipinski definition) is 7. The third-order valence-corrected chi connectivity index (χ3v) is 8.21. The fourth-order valence-corrected chi connectivity index (χ4v) is 5.84. The number of benzene rings is 2. The molecule has 2 fully saturated rings. The quantitative estimate of drug-likeness (QED) is 0.426. The number of nitrogens with one attached hydrogen (secondary N) is 1. The SMILES string of the molecule is O=C(CSc1nnnn1-c1ccc(Br)cc1)Nc1ccc(N2CCN(C3CCCCC3)CC2)cc1. The smallest absolute Gasteiger partial charge is 0.234 e. The fourth-order valence-electron chi connectivity index (χ4n) is 4.89. The van der Waals surface area contributed by atoms with Gasteiger partial charge in [0.25, 0.3) is 0 Å². The van der Waals surface area contributed by atoms with Crippen LogP contribution in [-0.4, -0.2) is 69.0 Å². The second kappa shape index (κ2) is 11.5. The number of hydrogen-bond donors (Lipinski definition) is 1. The van der Waals surface area contributed by atoms with Crippen molar-refractivity contribution in [2.45, 2.75) is 43.3 Å². The van der Waals surface area contributed by atoms with E-state index in [1.807, 2.05) is 36.4 Å². The van der Waals surface area contributed by atoms with E-state index in [0.717, 1.165) is 48.1 Å². The van der Waals surface area contributed by atoms with E-state index >= 15 is 0 Å². The summed E-state index contributed by atoms with van der Waals surface area (Å²) < 4.78 is 2.61. The standard InChI is InChI=1S/C25H30BrN7OS/c26-19-6-10-23(11-7-19)33-25(28-29-30-33)35-18-24(34)27-20-8-12-22(13-9-20)32-16-14-31(15-17-32)21-4-2-1-3-5-21/h6-13,21H,1-5,14-18H2,(H,27,34). The number of rotatable bonds is 7. The Morgan fingerprint density at radius 2 is 1.63 bits per heavy atom. The van der Waals surface area contributed by atoms with Gasteiger partial charge in [-0.2, -0.15) is 4.68 Å². The molecule has 8 nitrogen and oxygen atoms in total. The molecule has 1 amide bonds. The van der Waals surface area contributed by atoms with Crippen LogP contribution in [0.25, 0.3) is 5.69 Å². The molecular formula is C25H30BrN7OS. The van der Waals surface area contributed by atoms with E-state index in [2.05, 4.69) is 58.7 Å². The topological polar surface area (TPSA) is 79.2 Å². The molecule has 2 aliphatic rings. The van der Waals surface area contributed by atoms with Crippen LogP contribution in [0, 0.1) is 0 Å². The van der Waals surface area contributed by atoms with Crippen molar-refractivity contribution in [1.82, 2.24) is 25.1 Å². The first-order valence-electron chi connectivity index (χ1n) is 12.2. The maximum atomic E-state index is 12.5. The predicted octanol–water partition coefficient (Wildman–Crippen LogP) is 4.61. The molecule has 0 bridgehead atoms. The number of anilines is 2. The van der Waals surface area contributed by atoms with Crippen molar-refractivity contribution in [2.24, 2.45) is 0 Å². The largest absolute Gasteiger partial charge is 0.369 e. The lowest BCUT2D eigenvalue weighted by atomic mass is 9.94. The predicted molar refractivity (Wildman–Crippen MR) is 143 cm³/mol. The lowest BCUT2D eigenvalue weighted by Crippen LogP contribution is -2.50. The molecule has 0 spiro atoms. The van der Waals surface area contributed by atoms with Gasteiger partial charge < -0.3 is 10.2 Å². The van der Waals surface area contributed by atoms with E-state index in [4.69, 9.17) is 0 Å². The molecule has 1 saturated carbocycles. The van der Waals surface area contributed by atoms with E-state index in [1.165, 1.54) is 49.6 Å². The number of carbonyl (C=O) groups excluding carboxylic acids is 1. The van der Waals surface area contributed by atoms with Crippen LogP contribution in [0.5, 0.6) is 0 Å². The van der Waals surface area contributed by atoms with Crippen molar-refractivity contribution in [2.75, 3.05) is 42.1 Å². The molecule has 1 aromatic heterocycles. The Morgan fingerprint density at radius 1 is 0.943 bits per heavy atom. The van der Waals surface area contributed by atoms with Crippen molar-refractivity contribution in [3.63, 3.8) is 0 Å². The van der Waals surface area contributed by atoms with E-state index in [9.17, 15) is 4.79 Å². The molecule has 184 valence electrons. The molecule has 1 N–H and O–H groups in total. The van der Waals surface area contributed by atoms with Crippen LogP contribution in [-0.2, 0) is 4.79 Å². The molecule has 35 heavy (non-hydrogen) atoms. The summed E-state index contributed by atoms with van der Waals surface area (Å²) in [6.07, 6.45) is 6.91. The van der Waals surface area contributed by atoms with Crippen LogP contribution >= 0.6 is 27.7 Å². The molecule has 1 saturated heterocycles. The molecule has 0 unspecified atom stereocenters. The van der Waals surface area contributed by atoms with Crippen molar-refractivity contribution >= 4 is 45.0 Å². The molecule has 2 aromatic carbocycles. The Balaban J connectivity index is 1.10. The van der Waals surface area contributed by atoms with Crippen LogP contribution in [0.1, 0.15) is 32.1 Å². The number of halogens is 1. The Bertz CT molecular complexity index is 1110. The maximum Gasteiger partial charge on any atom is 0.234 e. The number of amides is 1. The minimum absolute atomic E-state index is 0.0887. The monoisotopic (exact) mass is 555 g/mol. The lowest BCUT2D eigenvalue weighted by Gasteiger charge is -2.41. The van der Waals surface area contributed by atoms with Gasteiger partial charge in [0.15, 0.2) is 0 Å². The number of tetrazole rings is 1. The average Bonchev–Trinajstić information content (AvgIpc) is 3.38. The Labute approximate surface area is 218 Å². The van der Waals surface area contributed by atoms with Gasteiger partial charge in [0.1, 0.15) is 0 Å². The highest BCUT2D eigenvalue weighted by Crippen LogP contribution is 2.26. The first-order valence-corrected chi connectivity index (χ1v) is 14.0. The zero-order valence-electron chi connectivity index (χ0n) is 19.6. The second-order valence-corrected chi connectivity index (χ2v) is 10.9. The van der Waals surface area contributed by atoms with Crippen molar-refractivity contribution in [3.05, 3.63) is 53.0 Å². The third kappa shape index (κ3) is 6.23. The van der Waals surface area contributed by atoms with Gasteiger partial charge in [0, 0.05) is 48.1 Å². The van der Waals surface area contributed by atoms with Crippen LogP contribution in [0.2, 0.25) is 0 Å². The third-order valence-electron chi connectivity index (χ3n) is 6.77. The highest BCUT2D eigenvalue weighted by Gasteiger charge is 2.25. The molecule has 1 aliphatic heterocycles. The first-order chi connectivity index (χ1) is 17.2. The van der Waals surface area contributed by atoms with E-state index < -0.39 is 0 Å². The molecule has 1 aliphatic carbocycles. The van der Waals surface area contributed by atoms with E-state index in [-0.39, 0.29) is 11.7 Å². The van der Waals surface area contributed by atoms with E-state index in [1.54, 1.807) is 4.68 Å². The number of aromatic nitrogens is 4. The average molecular weight is 557 g/mol. The van der Waals surface area contributed by atoms with Gasteiger partial charge in [-0.25, -0.2) is 0 Å². The maximum absolute atomic E-state index is 12.5. The van der Waals surface area contributed by atoms with Crippen molar-refractivity contribution in [3.8, 4) is 5.69 Å². The Hall–Kier alpha value is -2.43. The van der Waals surface area contributed by atoms with E-state index in [0.29, 0.717) is 5.16 Å². The summed E-state index contributed by atoms with van der Waals surface area (Å²) in [6, 6.07) is 16.7. The highest BCUT2D eigenvalue weighted by atomic mass is 79.9. The zero-order chi connectivity index (χ0) is 24.0. The van der Waals surface area contributed by atoms with Crippen LogP contribution in [0.4, 0.5) is 11.4 Å². The zero-order valence-corrected chi connectivity index (χ0v) is 22.0. The molecule has 2 heterocycles. The minimum atomic E-state index is -0.0887. The fraction of sp³-hybridized carbons (Fsp3) is 0.440. The number of nitrogens with zero attached hydrogens (tertiary/aromatic N) is 6. The first kappa shape index (κ1) is 24.3. The minimum Gasteiger partial charge on any atom is -0.369 e. The lowest BCUT2D eigenvalue weighted by molar-refractivity contribution is -0.113. The van der Waals surface area contributed by atoms with Gasteiger partial charge in [-0.1, -0.05) is 47.0 Å². The van der Waals surface area contributed by atoms with Gasteiger partial charge in [-0.15, -0.1) is 5.10 Å². The van der Waals surface area contributed by atoms with Gasteiger partial charge in [-0.05, 0) is 71.8 Å². The van der Waals surface area contributed by atoms with Crippen LogP contribution in [0.15, 0.2) is 58.2 Å². The van der Waals surface area contributed by atoms with Crippen molar-refractivity contribution < 1.29 is 4.79 Å². The van der Waals surface area contributed by atoms with Gasteiger partial charge in [0.2, 0.25) is 11.1 Å². The molecule has 5 rings (SSSR count). The molecule has 0 atom stereocenters. The van der Waals surface area contributed by atoms with Crippen molar-refractivity contribution in [1.29, 1.82) is 0 Å². The molecular weight excluding hydrogens is 526 g/mol. The second-order valence-electron chi connectivity index (χ2n) is 9.05. The summed E-state index contributed by atoms with van der Waals surface area (Å²) in [4.78, 5) is 17.7. The Morgan fingerprint density at radius 3 is 2.34 bits per heavy atom. The van der Waals surface area contributed by atoms with Gasteiger partial charge in [-0.3, -0.25) is 9.69 Å². The number of thioether (sulfide) groups is 1. The van der Waals surface area contributed by atoms with Gasteiger partial charge >= 0.3 is 0 Å². The molecule has 3 aromatic rings. The van der Waals surface area contributed by atoms with Crippen LogP contribution < -0.4 is 10.2 Å². The number of piperazine rings is 1. The number of carbonyl (C=O) groups is 1. The van der Waals surface area contributed by atoms with Gasteiger partial charge in [0.05, 0.1) is 11.4 Å².